The molecule has 0 aromatic carbocycles. The second kappa shape index (κ2) is 6.73. The molecular formula is C13H11N3O3S. The Kier molecular flexibility index (Phi) is 4.74. The van der Waals surface area contributed by atoms with E-state index in [4.69, 9.17) is 14.5 Å². The highest BCUT2D eigenvalue weighted by molar-refractivity contribution is 7.98. The van der Waals surface area contributed by atoms with Crippen LogP contribution >= 0.6 is 11.8 Å². The van der Waals surface area contributed by atoms with E-state index in [1.807, 2.05) is 13.0 Å². The van der Waals surface area contributed by atoms with Crippen LogP contribution in [0.15, 0.2) is 33.9 Å². The molecule has 2 aromatic rings. The van der Waals surface area contributed by atoms with Gasteiger partial charge in [0.15, 0.2) is 6.61 Å². The van der Waals surface area contributed by atoms with E-state index in [0.29, 0.717) is 16.3 Å². The minimum absolute atomic E-state index is 0.277. The molecule has 0 saturated heterocycles. The van der Waals surface area contributed by atoms with E-state index in [-0.39, 0.29) is 6.61 Å². The predicted molar refractivity (Wildman–Crippen MR) is 70.9 cm³/mol. The van der Waals surface area contributed by atoms with Crippen LogP contribution in [0.3, 0.4) is 0 Å². The smallest absolute Gasteiger partial charge is 0.341 e. The van der Waals surface area contributed by atoms with Crippen molar-refractivity contribution in [1.29, 1.82) is 5.26 Å². The average molecular weight is 289 g/mol. The molecular weight excluding hydrogens is 278 g/mol. The summed E-state index contributed by atoms with van der Waals surface area (Å²) in [6.07, 6.45) is 1.59. The Morgan fingerprint density at radius 2 is 2.45 bits per heavy atom. The molecule has 2 aromatic heterocycles. The highest BCUT2D eigenvalue weighted by atomic mass is 32.2. The molecule has 0 atom stereocenters. The minimum Gasteiger partial charge on any atom is -0.447 e. The lowest BCUT2D eigenvalue weighted by molar-refractivity contribution is 0.0550. The van der Waals surface area contributed by atoms with Crippen molar-refractivity contribution >= 4 is 17.7 Å². The number of carbonyl (C=O) groups excluding carboxylic acids is 1. The van der Waals surface area contributed by atoms with Gasteiger partial charge in [-0.3, -0.25) is 0 Å². The van der Waals surface area contributed by atoms with E-state index in [1.54, 1.807) is 24.4 Å². The second-order valence-corrected chi connectivity index (χ2v) is 4.77. The fourth-order valence-electron chi connectivity index (χ4n) is 1.47. The van der Waals surface area contributed by atoms with Crippen LogP contribution in [0.4, 0.5) is 0 Å². The van der Waals surface area contributed by atoms with Gasteiger partial charge in [0.05, 0.1) is 11.3 Å². The molecule has 2 rings (SSSR count). The first kappa shape index (κ1) is 14.1. The van der Waals surface area contributed by atoms with Crippen molar-refractivity contribution in [2.75, 3.05) is 6.61 Å². The number of nitriles is 1. The summed E-state index contributed by atoms with van der Waals surface area (Å²) in [6, 6.07) is 6.84. The summed E-state index contributed by atoms with van der Waals surface area (Å²) in [6.45, 7) is 1.53. The number of carbonyl (C=O) groups is 1. The molecule has 102 valence electrons. The van der Waals surface area contributed by atoms with Gasteiger partial charge >= 0.3 is 5.97 Å². The highest BCUT2D eigenvalue weighted by Gasteiger charge is 2.14. The Labute approximate surface area is 119 Å². The Balaban J connectivity index is 2.08. The zero-order valence-corrected chi connectivity index (χ0v) is 11.5. The number of rotatable bonds is 5. The van der Waals surface area contributed by atoms with Gasteiger partial charge in [-0.15, -0.1) is 0 Å². The highest BCUT2D eigenvalue weighted by Crippen LogP contribution is 2.24. The van der Waals surface area contributed by atoms with Gasteiger partial charge in [0, 0.05) is 18.0 Å². The van der Waals surface area contributed by atoms with E-state index < -0.39 is 5.97 Å². The molecule has 0 aliphatic carbocycles. The quantitative estimate of drug-likeness (QED) is 0.616. The van der Waals surface area contributed by atoms with Crippen LogP contribution in [0.25, 0.3) is 0 Å². The maximum absolute atomic E-state index is 11.8. The molecule has 20 heavy (non-hydrogen) atoms. The normalized spacial score (nSPS) is 10.0. The maximum Gasteiger partial charge on any atom is 0.341 e. The third-order valence-corrected chi connectivity index (χ3v) is 3.33. The Bertz CT molecular complexity index is 648. The van der Waals surface area contributed by atoms with Crippen molar-refractivity contribution in [2.24, 2.45) is 0 Å². The fourth-order valence-corrected chi connectivity index (χ4v) is 2.33. The molecule has 0 saturated carbocycles. The molecule has 0 unspecified atom stereocenters. The van der Waals surface area contributed by atoms with Crippen molar-refractivity contribution in [2.45, 2.75) is 17.7 Å². The summed E-state index contributed by atoms with van der Waals surface area (Å²) in [7, 11) is 0. The van der Waals surface area contributed by atoms with Crippen LogP contribution in [0.1, 0.15) is 21.8 Å². The number of aromatic nitrogens is 2. The Morgan fingerprint density at radius 3 is 3.15 bits per heavy atom. The van der Waals surface area contributed by atoms with Gasteiger partial charge < -0.3 is 9.26 Å². The van der Waals surface area contributed by atoms with Crippen molar-refractivity contribution in [1.82, 2.24) is 10.1 Å². The summed E-state index contributed by atoms with van der Waals surface area (Å²) in [4.78, 5) is 15.9. The first-order chi connectivity index (χ1) is 9.70. The zero-order valence-electron chi connectivity index (χ0n) is 10.7. The van der Waals surface area contributed by atoms with Crippen LogP contribution < -0.4 is 0 Å². The van der Waals surface area contributed by atoms with Crippen molar-refractivity contribution < 1.29 is 14.1 Å². The molecule has 0 N–H and O–H groups in total. The van der Waals surface area contributed by atoms with E-state index in [1.165, 1.54) is 11.8 Å². The van der Waals surface area contributed by atoms with E-state index in [0.717, 1.165) is 11.5 Å². The molecule has 0 spiro atoms. The summed E-state index contributed by atoms with van der Waals surface area (Å²) in [5, 5.41) is 12.8. The van der Waals surface area contributed by atoms with Crippen LogP contribution in [0.2, 0.25) is 0 Å². The number of hydrogen-bond acceptors (Lipinski definition) is 7. The van der Waals surface area contributed by atoms with Crippen LogP contribution in [-0.4, -0.2) is 22.7 Å². The molecule has 0 aliphatic rings. The predicted octanol–water partition coefficient (Wildman–Crippen LogP) is 2.35. The standard InChI is InChI=1S/C13H11N3O3S/c1-9-7-10(16-19-9)8-20-12-11(3-2-5-15-12)13(17)18-6-4-14/h2-3,5,7H,6,8H2,1H3. The largest absolute Gasteiger partial charge is 0.447 e. The topological polar surface area (TPSA) is 89.0 Å². The maximum atomic E-state index is 11.8. The van der Waals surface area contributed by atoms with Crippen LogP contribution in [0.5, 0.6) is 0 Å². The summed E-state index contributed by atoms with van der Waals surface area (Å²) in [5.74, 6) is 0.709. The monoisotopic (exact) mass is 289 g/mol. The van der Waals surface area contributed by atoms with Gasteiger partial charge in [0.2, 0.25) is 0 Å². The number of pyridine rings is 1. The van der Waals surface area contributed by atoms with Crippen LogP contribution in [-0.2, 0) is 10.5 Å². The number of nitrogens with zero attached hydrogens (tertiary/aromatic N) is 3. The fraction of sp³-hybridized carbons (Fsp3) is 0.231. The van der Waals surface area contributed by atoms with Crippen molar-refractivity contribution in [3.05, 3.63) is 41.4 Å². The molecule has 0 radical (unpaired) electrons. The minimum atomic E-state index is -0.557. The lowest BCUT2D eigenvalue weighted by Gasteiger charge is -2.05. The molecule has 0 aliphatic heterocycles. The van der Waals surface area contributed by atoms with E-state index >= 15 is 0 Å². The third-order valence-electron chi connectivity index (χ3n) is 2.29. The molecule has 0 fully saturated rings. The van der Waals surface area contributed by atoms with Gasteiger partial charge in [-0.1, -0.05) is 16.9 Å². The number of esters is 1. The molecule has 0 amide bonds. The van der Waals surface area contributed by atoms with Crippen LogP contribution in [0, 0.1) is 18.3 Å². The Hall–Kier alpha value is -2.33. The number of aryl methyl sites for hydroxylation is 1. The molecule has 2 heterocycles. The summed E-state index contributed by atoms with van der Waals surface area (Å²) >= 11 is 1.36. The number of ether oxygens (including phenoxy) is 1. The van der Waals surface area contributed by atoms with Crippen molar-refractivity contribution in [3.63, 3.8) is 0 Å². The average Bonchev–Trinajstić information content (AvgIpc) is 2.88. The van der Waals surface area contributed by atoms with Gasteiger partial charge in [-0.25, -0.2) is 9.78 Å². The lowest BCUT2D eigenvalue weighted by atomic mass is 10.3. The first-order valence-corrected chi connectivity index (χ1v) is 6.73. The lowest BCUT2D eigenvalue weighted by Crippen LogP contribution is -2.07. The summed E-state index contributed by atoms with van der Waals surface area (Å²) in [5.41, 5.74) is 1.11. The van der Waals surface area contributed by atoms with Gasteiger partial charge in [0.25, 0.3) is 0 Å². The number of hydrogen-bond donors (Lipinski definition) is 0. The second-order valence-electron chi connectivity index (χ2n) is 3.81. The SMILES string of the molecule is Cc1cc(CSc2ncccc2C(=O)OCC#N)no1. The summed E-state index contributed by atoms with van der Waals surface area (Å²) < 4.78 is 9.76. The Morgan fingerprint density at radius 1 is 1.60 bits per heavy atom. The van der Waals surface area contributed by atoms with E-state index in [2.05, 4.69) is 10.1 Å². The first-order valence-electron chi connectivity index (χ1n) is 5.75. The third kappa shape index (κ3) is 3.59. The van der Waals surface area contributed by atoms with Gasteiger partial charge in [-0.05, 0) is 19.1 Å². The number of thioether (sulfide) groups is 1. The zero-order chi connectivity index (χ0) is 14.4. The molecule has 7 heteroatoms. The van der Waals surface area contributed by atoms with Gasteiger partial charge in [0.1, 0.15) is 16.9 Å². The van der Waals surface area contributed by atoms with E-state index in [9.17, 15) is 4.79 Å². The molecule has 0 bridgehead atoms. The molecule has 6 nitrogen and oxygen atoms in total. The van der Waals surface area contributed by atoms with Crippen molar-refractivity contribution in [3.8, 4) is 6.07 Å². The van der Waals surface area contributed by atoms with Gasteiger partial charge in [-0.2, -0.15) is 5.26 Å².